The third-order valence-corrected chi connectivity index (χ3v) is 6.09. The van der Waals surface area contributed by atoms with Crippen LogP contribution >= 0.6 is 23.8 Å². The van der Waals surface area contributed by atoms with Crippen LogP contribution in [0.5, 0.6) is 0 Å². The molecule has 0 unspecified atom stereocenters. The summed E-state index contributed by atoms with van der Waals surface area (Å²) < 4.78 is 15.8. The number of hydrogen-bond donors (Lipinski definition) is 1. The van der Waals surface area contributed by atoms with Crippen LogP contribution in [0.15, 0.2) is 85.3 Å². The minimum absolute atomic E-state index is 0.328. The lowest BCUT2D eigenvalue weighted by molar-refractivity contribution is 0.418. The number of anilines is 1. The Labute approximate surface area is 214 Å². The first kappa shape index (κ1) is 24.4. The lowest BCUT2D eigenvalue weighted by Gasteiger charge is -2.26. The highest BCUT2D eigenvalue weighted by Gasteiger charge is 2.14. The van der Waals surface area contributed by atoms with Gasteiger partial charge in [0.05, 0.1) is 18.0 Å². The highest BCUT2D eigenvalue weighted by atomic mass is 35.5. The first-order valence-corrected chi connectivity index (χ1v) is 11.8. The second kappa shape index (κ2) is 11.6. The Kier molecular flexibility index (Phi) is 8.09. The maximum absolute atomic E-state index is 13.7. The van der Waals surface area contributed by atoms with E-state index in [-0.39, 0.29) is 5.82 Å². The van der Waals surface area contributed by atoms with Crippen molar-refractivity contribution in [2.24, 2.45) is 0 Å². The monoisotopic (exact) mass is 503 g/mol. The van der Waals surface area contributed by atoms with Crippen molar-refractivity contribution in [2.45, 2.75) is 19.5 Å². The van der Waals surface area contributed by atoms with Gasteiger partial charge in [0, 0.05) is 48.7 Å². The van der Waals surface area contributed by atoms with Gasteiger partial charge in [0.2, 0.25) is 0 Å². The summed E-state index contributed by atoms with van der Waals surface area (Å²) in [6.45, 7) is 1.82. The molecule has 0 radical (unpaired) electrons. The first-order chi connectivity index (χ1) is 17.0. The van der Waals surface area contributed by atoms with E-state index >= 15 is 0 Å². The molecule has 0 fully saturated rings. The van der Waals surface area contributed by atoms with E-state index in [1.165, 1.54) is 12.1 Å². The molecule has 5 nitrogen and oxygen atoms in total. The average molecular weight is 504 g/mol. The summed E-state index contributed by atoms with van der Waals surface area (Å²) in [7, 11) is 0. The molecule has 0 aliphatic rings. The van der Waals surface area contributed by atoms with Gasteiger partial charge < -0.3 is 14.8 Å². The Bertz CT molecular complexity index is 1350. The molecule has 0 saturated heterocycles. The lowest BCUT2D eigenvalue weighted by atomic mass is 10.1. The van der Waals surface area contributed by atoms with Crippen molar-refractivity contribution >= 4 is 34.6 Å². The summed E-state index contributed by atoms with van der Waals surface area (Å²) in [5.41, 5.74) is 4.39. The van der Waals surface area contributed by atoms with Gasteiger partial charge in [-0.15, -0.1) is 0 Å². The van der Waals surface area contributed by atoms with Gasteiger partial charge in [-0.2, -0.15) is 5.26 Å². The van der Waals surface area contributed by atoms with Crippen molar-refractivity contribution < 1.29 is 4.39 Å². The summed E-state index contributed by atoms with van der Waals surface area (Å²) >= 11 is 11.9. The zero-order valence-electron chi connectivity index (χ0n) is 18.9. The van der Waals surface area contributed by atoms with Crippen molar-refractivity contribution in [2.75, 3.05) is 11.9 Å². The maximum Gasteiger partial charge on any atom is 0.173 e. The molecule has 0 atom stereocenters. The number of rotatable bonds is 8. The van der Waals surface area contributed by atoms with Gasteiger partial charge in [-0.25, -0.2) is 9.37 Å². The summed E-state index contributed by atoms with van der Waals surface area (Å²) in [6, 6.07) is 23.6. The largest absolute Gasteiger partial charge is 0.344 e. The van der Waals surface area contributed by atoms with E-state index in [9.17, 15) is 4.39 Å². The van der Waals surface area contributed by atoms with Gasteiger partial charge in [0.1, 0.15) is 5.82 Å². The van der Waals surface area contributed by atoms with Crippen molar-refractivity contribution in [3.05, 3.63) is 119 Å². The number of aromatic nitrogens is 2. The number of nitriles is 1. The molecular weight excluding hydrogens is 481 g/mol. The molecule has 0 spiro atoms. The quantitative estimate of drug-likeness (QED) is 0.297. The predicted molar refractivity (Wildman–Crippen MR) is 141 cm³/mol. The Balaban J connectivity index is 1.48. The lowest BCUT2D eigenvalue weighted by Crippen LogP contribution is -2.36. The molecule has 1 heterocycles. The Hall–Kier alpha value is -3.73. The van der Waals surface area contributed by atoms with Gasteiger partial charge in [0.25, 0.3) is 0 Å². The van der Waals surface area contributed by atoms with Crippen LogP contribution in [0.2, 0.25) is 5.02 Å². The molecule has 1 aromatic heterocycles. The fourth-order valence-electron chi connectivity index (χ4n) is 3.71. The topological polar surface area (TPSA) is 56.9 Å². The standard InChI is InChI=1S/C27H23ClFN5S/c28-23-4-1-3-22(13-23)18-33(27(35)32-25-6-2-5-24(29)14-25)12-11-26-16-31-19-34(26)17-21-9-7-20(15-30)8-10-21/h1-10,13-14,16,19H,11-12,17-18H2,(H,32,35). The van der Waals surface area contributed by atoms with Crippen LogP contribution in [-0.4, -0.2) is 26.1 Å². The third kappa shape index (κ3) is 6.89. The third-order valence-electron chi connectivity index (χ3n) is 5.50. The molecule has 35 heavy (non-hydrogen) atoms. The summed E-state index contributed by atoms with van der Waals surface area (Å²) in [6.07, 6.45) is 4.35. The Morgan fingerprint density at radius 1 is 1.09 bits per heavy atom. The minimum atomic E-state index is -0.328. The summed E-state index contributed by atoms with van der Waals surface area (Å²) in [4.78, 5) is 6.37. The molecule has 0 aliphatic heterocycles. The van der Waals surface area contributed by atoms with Crippen LogP contribution in [0.4, 0.5) is 10.1 Å². The number of thiocarbonyl (C=S) groups is 1. The zero-order chi connectivity index (χ0) is 24.6. The van der Waals surface area contributed by atoms with Gasteiger partial charge in [0.15, 0.2) is 5.11 Å². The van der Waals surface area contributed by atoms with Gasteiger partial charge in [-0.1, -0.05) is 41.9 Å². The normalized spacial score (nSPS) is 10.5. The maximum atomic E-state index is 13.7. The van der Waals surface area contributed by atoms with Crippen molar-refractivity contribution in [1.29, 1.82) is 5.26 Å². The SMILES string of the molecule is N#Cc1ccc(Cn2cncc2CCN(Cc2cccc(Cl)c2)C(=S)Nc2cccc(F)c2)cc1. The molecule has 4 rings (SSSR count). The second-order valence-corrected chi connectivity index (χ2v) is 8.89. The van der Waals surface area contributed by atoms with E-state index < -0.39 is 0 Å². The van der Waals surface area contributed by atoms with Crippen LogP contribution in [0.3, 0.4) is 0 Å². The van der Waals surface area contributed by atoms with E-state index in [2.05, 4.69) is 20.9 Å². The van der Waals surface area contributed by atoms with Crippen molar-refractivity contribution in [3.8, 4) is 6.07 Å². The molecule has 8 heteroatoms. The Morgan fingerprint density at radius 2 is 1.89 bits per heavy atom. The highest BCUT2D eigenvalue weighted by molar-refractivity contribution is 7.80. The molecule has 0 aliphatic carbocycles. The van der Waals surface area contributed by atoms with Crippen LogP contribution < -0.4 is 5.32 Å². The molecule has 4 aromatic rings. The molecule has 176 valence electrons. The second-order valence-electron chi connectivity index (χ2n) is 8.06. The van der Waals surface area contributed by atoms with Gasteiger partial charge in [-0.05, 0) is 65.8 Å². The highest BCUT2D eigenvalue weighted by Crippen LogP contribution is 2.16. The van der Waals surface area contributed by atoms with E-state index in [4.69, 9.17) is 29.1 Å². The number of nitrogens with zero attached hydrogens (tertiary/aromatic N) is 4. The number of benzene rings is 3. The molecular formula is C27H23ClFN5S. The van der Waals surface area contributed by atoms with E-state index in [1.807, 2.05) is 59.6 Å². The molecule has 0 saturated carbocycles. The summed E-state index contributed by atoms with van der Waals surface area (Å²) in [5, 5.41) is 13.3. The van der Waals surface area contributed by atoms with Crippen molar-refractivity contribution in [1.82, 2.24) is 14.5 Å². The minimum Gasteiger partial charge on any atom is -0.344 e. The molecule has 0 amide bonds. The average Bonchev–Trinajstić information content (AvgIpc) is 3.29. The fraction of sp³-hybridized carbons (Fsp3) is 0.148. The predicted octanol–water partition coefficient (Wildman–Crippen LogP) is 6.04. The van der Waals surface area contributed by atoms with Crippen LogP contribution in [0, 0.1) is 17.1 Å². The van der Waals surface area contributed by atoms with E-state index in [0.717, 1.165) is 16.8 Å². The first-order valence-electron chi connectivity index (χ1n) is 11.0. The Morgan fingerprint density at radius 3 is 2.63 bits per heavy atom. The molecule has 0 bridgehead atoms. The van der Waals surface area contributed by atoms with Gasteiger partial charge in [-0.3, -0.25) is 0 Å². The summed E-state index contributed by atoms with van der Waals surface area (Å²) in [5.74, 6) is -0.328. The molecule has 1 N–H and O–H groups in total. The zero-order valence-corrected chi connectivity index (χ0v) is 20.4. The number of hydrogen-bond acceptors (Lipinski definition) is 3. The van der Waals surface area contributed by atoms with Crippen LogP contribution in [-0.2, 0) is 19.5 Å². The number of nitrogens with one attached hydrogen (secondary N) is 1. The van der Waals surface area contributed by atoms with Gasteiger partial charge >= 0.3 is 0 Å². The van der Waals surface area contributed by atoms with Crippen LogP contribution in [0.25, 0.3) is 0 Å². The van der Waals surface area contributed by atoms with E-state index in [1.54, 1.807) is 18.5 Å². The van der Waals surface area contributed by atoms with Crippen molar-refractivity contribution in [3.63, 3.8) is 0 Å². The number of halogens is 2. The smallest absolute Gasteiger partial charge is 0.173 e. The molecule has 3 aromatic carbocycles. The number of imidazole rings is 1. The van der Waals surface area contributed by atoms with E-state index in [0.29, 0.717) is 47.4 Å². The van der Waals surface area contributed by atoms with Crippen LogP contribution in [0.1, 0.15) is 22.4 Å². The fourth-order valence-corrected chi connectivity index (χ4v) is 4.19.